The van der Waals surface area contributed by atoms with E-state index >= 15 is 0 Å². The van der Waals surface area contributed by atoms with Crippen LogP contribution in [0, 0.1) is 17.1 Å². The van der Waals surface area contributed by atoms with Crippen LogP contribution in [0.25, 0.3) is 0 Å². The third kappa shape index (κ3) is 2.63. The molecule has 1 unspecified atom stereocenters. The first kappa shape index (κ1) is 12.0. The van der Waals surface area contributed by atoms with Gasteiger partial charge in [0.1, 0.15) is 5.82 Å². The highest BCUT2D eigenvalue weighted by Crippen LogP contribution is 2.21. The van der Waals surface area contributed by atoms with Crippen molar-refractivity contribution in [3.05, 3.63) is 35.1 Å². The van der Waals surface area contributed by atoms with Crippen molar-refractivity contribution >= 4 is 0 Å². The first-order valence-corrected chi connectivity index (χ1v) is 5.78. The number of likely N-dealkylation sites (tertiary alicyclic amines) is 1. The van der Waals surface area contributed by atoms with Crippen molar-refractivity contribution < 1.29 is 9.50 Å². The van der Waals surface area contributed by atoms with Crippen LogP contribution in [0.3, 0.4) is 0 Å². The normalized spacial score (nSPS) is 20.4. The van der Waals surface area contributed by atoms with E-state index in [1.54, 1.807) is 6.07 Å². The van der Waals surface area contributed by atoms with Crippen LogP contribution in [-0.2, 0) is 6.54 Å². The number of halogens is 1. The molecule has 0 radical (unpaired) electrons. The van der Waals surface area contributed by atoms with Gasteiger partial charge in [-0.3, -0.25) is 4.90 Å². The molecule has 1 aromatic carbocycles. The summed E-state index contributed by atoms with van der Waals surface area (Å²) in [6, 6.07) is 6.53. The fraction of sp³-hybridized carbons (Fsp3) is 0.462. The van der Waals surface area contributed by atoms with E-state index in [0.717, 1.165) is 19.4 Å². The summed E-state index contributed by atoms with van der Waals surface area (Å²) in [6.07, 6.45) is 1.99. The number of nitrogens with zero attached hydrogens (tertiary/aromatic N) is 2. The molecule has 1 saturated heterocycles. The van der Waals surface area contributed by atoms with Crippen LogP contribution in [0.2, 0.25) is 0 Å². The summed E-state index contributed by atoms with van der Waals surface area (Å²) in [5.74, 6) is -0.285. The Labute approximate surface area is 100 Å². The zero-order chi connectivity index (χ0) is 12.3. The van der Waals surface area contributed by atoms with Crippen LogP contribution in [0.1, 0.15) is 24.0 Å². The van der Waals surface area contributed by atoms with Gasteiger partial charge < -0.3 is 5.11 Å². The quantitative estimate of drug-likeness (QED) is 0.865. The number of benzene rings is 1. The molecule has 0 aromatic heterocycles. The molecular weight excluding hydrogens is 219 g/mol. The van der Waals surface area contributed by atoms with Gasteiger partial charge in [-0.15, -0.1) is 0 Å². The molecule has 0 aliphatic carbocycles. The summed E-state index contributed by atoms with van der Waals surface area (Å²) in [6.45, 7) is 1.45. The third-order valence-corrected chi connectivity index (χ3v) is 3.26. The monoisotopic (exact) mass is 234 g/mol. The Bertz CT molecular complexity index is 442. The second kappa shape index (κ2) is 5.26. The van der Waals surface area contributed by atoms with Crippen LogP contribution in [0.15, 0.2) is 18.2 Å². The Morgan fingerprint density at radius 3 is 3.06 bits per heavy atom. The molecule has 1 N–H and O–H groups in total. The number of aliphatic hydroxyl groups excluding tert-OH is 1. The van der Waals surface area contributed by atoms with Gasteiger partial charge >= 0.3 is 0 Å². The van der Waals surface area contributed by atoms with Crippen molar-refractivity contribution in [2.75, 3.05) is 13.2 Å². The zero-order valence-electron chi connectivity index (χ0n) is 9.56. The van der Waals surface area contributed by atoms with E-state index in [0.29, 0.717) is 17.7 Å². The smallest absolute Gasteiger partial charge is 0.127 e. The number of hydrogen-bond donors (Lipinski definition) is 1. The highest BCUT2D eigenvalue weighted by molar-refractivity contribution is 5.33. The molecule has 1 aliphatic rings. The molecule has 17 heavy (non-hydrogen) atoms. The Kier molecular flexibility index (Phi) is 3.72. The van der Waals surface area contributed by atoms with Gasteiger partial charge in [-0.05, 0) is 37.6 Å². The van der Waals surface area contributed by atoms with Crippen molar-refractivity contribution in [3.8, 4) is 6.07 Å². The van der Waals surface area contributed by atoms with Gasteiger partial charge in [0.15, 0.2) is 0 Å². The lowest BCUT2D eigenvalue weighted by molar-refractivity contribution is 0.152. The largest absolute Gasteiger partial charge is 0.395 e. The summed E-state index contributed by atoms with van der Waals surface area (Å²) in [4.78, 5) is 2.07. The van der Waals surface area contributed by atoms with Crippen LogP contribution < -0.4 is 0 Å². The Balaban J connectivity index is 2.15. The lowest BCUT2D eigenvalue weighted by Crippen LogP contribution is -2.31. The molecule has 4 heteroatoms. The van der Waals surface area contributed by atoms with E-state index in [1.807, 2.05) is 6.07 Å². The number of aliphatic hydroxyl groups is 1. The summed E-state index contributed by atoms with van der Waals surface area (Å²) >= 11 is 0. The van der Waals surface area contributed by atoms with Gasteiger partial charge in [0, 0.05) is 18.2 Å². The maximum absolute atomic E-state index is 13.6. The van der Waals surface area contributed by atoms with Gasteiger partial charge in [0.25, 0.3) is 0 Å². The number of rotatable bonds is 3. The van der Waals surface area contributed by atoms with Gasteiger partial charge in [0.2, 0.25) is 0 Å². The standard InChI is InChI=1S/C13H15FN2O/c14-13-4-3-10(7-15)6-11(13)8-16-5-1-2-12(16)9-17/h3-4,6,12,17H,1-2,5,8-9H2. The molecule has 0 saturated carbocycles. The third-order valence-electron chi connectivity index (χ3n) is 3.26. The Morgan fingerprint density at radius 1 is 1.53 bits per heavy atom. The van der Waals surface area contributed by atoms with Crippen LogP contribution in [0.5, 0.6) is 0 Å². The highest BCUT2D eigenvalue weighted by atomic mass is 19.1. The van der Waals surface area contributed by atoms with Crippen molar-refractivity contribution in [1.29, 1.82) is 5.26 Å². The fourth-order valence-electron chi connectivity index (χ4n) is 2.29. The van der Waals surface area contributed by atoms with E-state index in [1.165, 1.54) is 12.1 Å². The van der Waals surface area contributed by atoms with E-state index in [-0.39, 0.29) is 18.5 Å². The minimum atomic E-state index is -0.285. The molecular formula is C13H15FN2O. The van der Waals surface area contributed by atoms with Crippen molar-refractivity contribution in [1.82, 2.24) is 4.90 Å². The van der Waals surface area contributed by atoms with Gasteiger partial charge in [-0.1, -0.05) is 0 Å². The number of hydrogen-bond acceptors (Lipinski definition) is 3. The minimum Gasteiger partial charge on any atom is -0.395 e. The lowest BCUT2D eigenvalue weighted by atomic mass is 10.1. The highest BCUT2D eigenvalue weighted by Gasteiger charge is 2.24. The molecule has 0 spiro atoms. The Morgan fingerprint density at radius 2 is 2.35 bits per heavy atom. The van der Waals surface area contributed by atoms with Gasteiger partial charge in [0.05, 0.1) is 18.2 Å². The van der Waals surface area contributed by atoms with Crippen LogP contribution in [0.4, 0.5) is 4.39 Å². The second-order valence-electron chi connectivity index (χ2n) is 4.37. The maximum Gasteiger partial charge on any atom is 0.127 e. The maximum atomic E-state index is 13.6. The average Bonchev–Trinajstić information content (AvgIpc) is 2.79. The molecule has 2 rings (SSSR count). The molecule has 1 atom stereocenters. The zero-order valence-corrected chi connectivity index (χ0v) is 9.56. The second-order valence-corrected chi connectivity index (χ2v) is 4.37. The molecule has 0 bridgehead atoms. The summed E-state index contributed by atoms with van der Waals surface area (Å²) < 4.78 is 13.6. The lowest BCUT2D eigenvalue weighted by Gasteiger charge is -2.22. The fourth-order valence-corrected chi connectivity index (χ4v) is 2.29. The number of nitriles is 1. The van der Waals surface area contributed by atoms with Gasteiger partial charge in [-0.25, -0.2) is 4.39 Å². The van der Waals surface area contributed by atoms with E-state index < -0.39 is 0 Å². The molecule has 1 aliphatic heterocycles. The van der Waals surface area contributed by atoms with Crippen LogP contribution >= 0.6 is 0 Å². The Hall–Kier alpha value is -1.44. The van der Waals surface area contributed by atoms with Crippen molar-refractivity contribution in [2.24, 2.45) is 0 Å². The molecule has 1 heterocycles. The van der Waals surface area contributed by atoms with Crippen LogP contribution in [-0.4, -0.2) is 29.2 Å². The SMILES string of the molecule is N#Cc1ccc(F)c(CN2CCCC2CO)c1. The van der Waals surface area contributed by atoms with E-state index in [9.17, 15) is 9.50 Å². The van der Waals surface area contributed by atoms with E-state index in [2.05, 4.69) is 4.90 Å². The molecule has 0 amide bonds. The average molecular weight is 234 g/mol. The minimum absolute atomic E-state index is 0.111. The van der Waals surface area contributed by atoms with Crippen molar-refractivity contribution in [3.63, 3.8) is 0 Å². The summed E-state index contributed by atoms with van der Waals surface area (Å²) in [5, 5.41) is 18.0. The molecule has 90 valence electrons. The summed E-state index contributed by atoms with van der Waals surface area (Å²) in [7, 11) is 0. The predicted molar refractivity (Wildman–Crippen MR) is 61.6 cm³/mol. The first-order chi connectivity index (χ1) is 8.24. The molecule has 1 aromatic rings. The van der Waals surface area contributed by atoms with E-state index in [4.69, 9.17) is 5.26 Å². The topological polar surface area (TPSA) is 47.3 Å². The molecule has 1 fully saturated rings. The van der Waals surface area contributed by atoms with Crippen molar-refractivity contribution in [2.45, 2.75) is 25.4 Å². The molecule has 3 nitrogen and oxygen atoms in total. The summed E-state index contributed by atoms with van der Waals surface area (Å²) in [5.41, 5.74) is 1.01. The predicted octanol–water partition coefficient (Wildman–Crippen LogP) is 1.65. The van der Waals surface area contributed by atoms with Gasteiger partial charge in [-0.2, -0.15) is 5.26 Å². The first-order valence-electron chi connectivity index (χ1n) is 5.78.